The van der Waals surface area contributed by atoms with E-state index >= 15 is 0 Å². The van der Waals surface area contributed by atoms with Crippen LogP contribution < -0.4 is 11.1 Å². The molecule has 1 aliphatic carbocycles. The standard InChI is InChI=1S/C16H31N3O2/c1-12(2)10-18-15(20)11-19(3)16(21)9-6-13-4-7-14(17)8-5-13/h12-14H,4-11,17H2,1-3H3,(H,18,20). The van der Waals surface area contributed by atoms with Gasteiger partial charge >= 0.3 is 0 Å². The number of carbonyl (C=O) groups excluding carboxylic acids is 2. The van der Waals surface area contributed by atoms with Crippen LogP contribution in [-0.2, 0) is 9.59 Å². The van der Waals surface area contributed by atoms with Gasteiger partial charge in [-0.05, 0) is 43.9 Å². The summed E-state index contributed by atoms with van der Waals surface area (Å²) in [7, 11) is 1.70. The van der Waals surface area contributed by atoms with Gasteiger partial charge in [0.25, 0.3) is 0 Å². The van der Waals surface area contributed by atoms with Gasteiger partial charge in [0.1, 0.15) is 0 Å². The maximum Gasteiger partial charge on any atom is 0.239 e. The molecule has 5 heteroatoms. The lowest BCUT2D eigenvalue weighted by molar-refractivity contribution is -0.135. The highest BCUT2D eigenvalue weighted by atomic mass is 16.2. The summed E-state index contributed by atoms with van der Waals surface area (Å²) >= 11 is 0. The first-order chi connectivity index (χ1) is 9.88. The first-order valence-corrected chi connectivity index (χ1v) is 8.14. The lowest BCUT2D eigenvalue weighted by atomic mass is 9.84. The van der Waals surface area contributed by atoms with Crippen LogP contribution >= 0.6 is 0 Å². The number of likely N-dealkylation sites (N-methyl/N-ethyl adjacent to an activating group) is 1. The molecule has 122 valence electrons. The number of nitrogens with zero attached hydrogens (tertiary/aromatic N) is 1. The number of rotatable bonds is 7. The van der Waals surface area contributed by atoms with Gasteiger partial charge in [-0.1, -0.05) is 13.8 Å². The van der Waals surface area contributed by atoms with E-state index in [1.807, 2.05) is 13.8 Å². The summed E-state index contributed by atoms with van der Waals surface area (Å²) in [5.74, 6) is 1.03. The fraction of sp³-hybridized carbons (Fsp3) is 0.875. The highest BCUT2D eigenvalue weighted by molar-refractivity contribution is 5.84. The van der Waals surface area contributed by atoms with Gasteiger partial charge in [-0.2, -0.15) is 0 Å². The third-order valence-electron chi connectivity index (χ3n) is 4.17. The summed E-state index contributed by atoms with van der Waals surface area (Å²) in [6.45, 7) is 4.90. The lowest BCUT2D eigenvalue weighted by Crippen LogP contribution is -2.39. The third-order valence-corrected chi connectivity index (χ3v) is 4.17. The minimum atomic E-state index is -0.0804. The Bertz CT molecular complexity index is 336. The quantitative estimate of drug-likeness (QED) is 0.748. The molecular weight excluding hydrogens is 266 g/mol. The van der Waals surface area contributed by atoms with E-state index in [0.29, 0.717) is 30.8 Å². The van der Waals surface area contributed by atoms with Crippen molar-refractivity contribution >= 4 is 11.8 Å². The molecule has 1 rings (SSSR count). The van der Waals surface area contributed by atoms with Crippen molar-refractivity contribution in [2.45, 2.75) is 58.4 Å². The van der Waals surface area contributed by atoms with Gasteiger partial charge in [-0.25, -0.2) is 0 Å². The van der Waals surface area contributed by atoms with Crippen molar-refractivity contribution in [2.24, 2.45) is 17.6 Å². The monoisotopic (exact) mass is 297 g/mol. The Morgan fingerprint density at radius 2 is 1.86 bits per heavy atom. The Morgan fingerprint density at radius 3 is 2.43 bits per heavy atom. The van der Waals surface area contributed by atoms with Crippen molar-refractivity contribution in [1.29, 1.82) is 0 Å². The van der Waals surface area contributed by atoms with Crippen molar-refractivity contribution in [2.75, 3.05) is 20.1 Å². The average molecular weight is 297 g/mol. The molecule has 1 fully saturated rings. The number of nitrogens with two attached hydrogens (primary N) is 1. The summed E-state index contributed by atoms with van der Waals surface area (Å²) in [6.07, 6.45) is 5.87. The van der Waals surface area contributed by atoms with Crippen LogP contribution in [0.3, 0.4) is 0 Å². The van der Waals surface area contributed by atoms with Crippen molar-refractivity contribution in [3.8, 4) is 0 Å². The second kappa shape index (κ2) is 9.03. The lowest BCUT2D eigenvalue weighted by Gasteiger charge is -2.26. The van der Waals surface area contributed by atoms with Crippen LogP contribution in [0.4, 0.5) is 0 Å². The van der Waals surface area contributed by atoms with E-state index in [0.717, 1.165) is 32.1 Å². The summed E-state index contributed by atoms with van der Waals surface area (Å²) in [5.41, 5.74) is 5.89. The zero-order chi connectivity index (χ0) is 15.8. The Morgan fingerprint density at radius 1 is 1.24 bits per heavy atom. The number of carbonyl (C=O) groups is 2. The Balaban J connectivity index is 2.20. The molecular formula is C16H31N3O2. The van der Waals surface area contributed by atoms with Crippen molar-refractivity contribution < 1.29 is 9.59 Å². The molecule has 0 aromatic heterocycles. The number of hydrogen-bond acceptors (Lipinski definition) is 3. The van der Waals surface area contributed by atoms with Crippen LogP contribution in [0.5, 0.6) is 0 Å². The molecule has 5 nitrogen and oxygen atoms in total. The molecule has 3 N–H and O–H groups in total. The fourth-order valence-electron chi connectivity index (χ4n) is 2.67. The molecule has 2 amide bonds. The molecule has 0 atom stereocenters. The first-order valence-electron chi connectivity index (χ1n) is 8.14. The van der Waals surface area contributed by atoms with Gasteiger partial charge < -0.3 is 16.0 Å². The van der Waals surface area contributed by atoms with Gasteiger partial charge in [0, 0.05) is 26.1 Å². The Kier molecular flexibility index (Phi) is 7.72. The zero-order valence-corrected chi connectivity index (χ0v) is 13.7. The van der Waals surface area contributed by atoms with Crippen LogP contribution in [0.2, 0.25) is 0 Å². The second-order valence-electron chi connectivity index (χ2n) is 6.77. The summed E-state index contributed by atoms with van der Waals surface area (Å²) in [5, 5.41) is 2.83. The van der Waals surface area contributed by atoms with Crippen molar-refractivity contribution in [1.82, 2.24) is 10.2 Å². The highest BCUT2D eigenvalue weighted by Crippen LogP contribution is 2.26. The number of nitrogens with one attached hydrogen (secondary N) is 1. The van der Waals surface area contributed by atoms with Crippen LogP contribution in [0.1, 0.15) is 52.4 Å². The molecule has 0 saturated heterocycles. The van der Waals surface area contributed by atoms with E-state index in [9.17, 15) is 9.59 Å². The van der Waals surface area contributed by atoms with Crippen LogP contribution in [0, 0.1) is 11.8 Å². The third kappa shape index (κ3) is 7.46. The molecule has 21 heavy (non-hydrogen) atoms. The second-order valence-corrected chi connectivity index (χ2v) is 6.77. The largest absolute Gasteiger partial charge is 0.354 e. The van der Waals surface area contributed by atoms with E-state index in [4.69, 9.17) is 5.73 Å². The minimum absolute atomic E-state index is 0.0598. The van der Waals surface area contributed by atoms with Gasteiger partial charge in [0.2, 0.25) is 11.8 Å². The predicted octanol–water partition coefficient (Wildman–Crippen LogP) is 1.51. The number of hydrogen-bond donors (Lipinski definition) is 2. The van der Waals surface area contributed by atoms with E-state index in [1.165, 1.54) is 4.90 Å². The normalized spacial score (nSPS) is 22.1. The van der Waals surface area contributed by atoms with Gasteiger partial charge in [0.05, 0.1) is 6.54 Å². The Labute approximate surface area is 128 Å². The minimum Gasteiger partial charge on any atom is -0.354 e. The molecule has 0 aromatic carbocycles. The van der Waals surface area contributed by atoms with E-state index in [1.54, 1.807) is 7.05 Å². The van der Waals surface area contributed by atoms with Crippen LogP contribution in [0.15, 0.2) is 0 Å². The Hall–Kier alpha value is -1.10. The first kappa shape index (κ1) is 18.0. The molecule has 1 aliphatic rings. The molecule has 0 radical (unpaired) electrons. The topological polar surface area (TPSA) is 75.4 Å². The van der Waals surface area contributed by atoms with Gasteiger partial charge in [-0.15, -0.1) is 0 Å². The molecule has 0 aromatic rings. The maximum atomic E-state index is 12.0. The van der Waals surface area contributed by atoms with Crippen molar-refractivity contribution in [3.05, 3.63) is 0 Å². The van der Waals surface area contributed by atoms with E-state index < -0.39 is 0 Å². The zero-order valence-electron chi connectivity index (χ0n) is 13.7. The number of amides is 2. The van der Waals surface area contributed by atoms with Crippen LogP contribution in [-0.4, -0.2) is 42.9 Å². The molecule has 0 unspecified atom stereocenters. The van der Waals surface area contributed by atoms with Gasteiger partial charge in [0.15, 0.2) is 0 Å². The summed E-state index contributed by atoms with van der Waals surface area (Å²) in [6, 6.07) is 0.351. The van der Waals surface area contributed by atoms with E-state index in [-0.39, 0.29) is 18.4 Å². The van der Waals surface area contributed by atoms with Crippen LogP contribution in [0.25, 0.3) is 0 Å². The fourth-order valence-corrected chi connectivity index (χ4v) is 2.67. The van der Waals surface area contributed by atoms with Gasteiger partial charge in [-0.3, -0.25) is 9.59 Å². The predicted molar refractivity (Wildman–Crippen MR) is 84.7 cm³/mol. The molecule has 1 saturated carbocycles. The SMILES string of the molecule is CC(C)CNC(=O)CN(C)C(=O)CCC1CCC(N)CC1. The highest BCUT2D eigenvalue weighted by Gasteiger charge is 2.20. The molecule has 0 heterocycles. The smallest absolute Gasteiger partial charge is 0.239 e. The molecule has 0 aliphatic heterocycles. The van der Waals surface area contributed by atoms with E-state index in [2.05, 4.69) is 5.32 Å². The summed E-state index contributed by atoms with van der Waals surface area (Å²) < 4.78 is 0. The molecule has 0 spiro atoms. The molecule has 0 bridgehead atoms. The van der Waals surface area contributed by atoms with Crippen molar-refractivity contribution in [3.63, 3.8) is 0 Å². The average Bonchev–Trinajstić information content (AvgIpc) is 2.44. The summed E-state index contributed by atoms with van der Waals surface area (Å²) in [4.78, 5) is 25.3. The maximum absolute atomic E-state index is 12.0.